The number of ketones is 1. The Labute approximate surface area is 88.9 Å². The molecule has 0 radical (unpaired) electrons. The summed E-state index contributed by atoms with van der Waals surface area (Å²) < 4.78 is 1.54. The first-order valence-electron chi connectivity index (χ1n) is 5.36. The van der Waals surface area contributed by atoms with Crippen molar-refractivity contribution in [2.45, 2.75) is 19.3 Å². The second-order valence-corrected chi connectivity index (χ2v) is 4.08. The molecular weight excluding hydrogens is 192 g/mol. The van der Waals surface area contributed by atoms with Gasteiger partial charge in [0.15, 0.2) is 5.78 Å². The van der Waals surface area contributed by atoms with Crippen LogP contribution < -0.4 is 5.32 Å². The minimum atomic E-state index is 0.149. The fourth-order valence-corrected chi connectivity index (χ4v) is 2.01. The Hall–Kier alpha value is -1.23. The van der Waals surface area contributed by atoms with Crippen LogP contribution in [0.15, 0.2) is 6.20 Å². The molecular formula is C10H16N4O. The van der Waals surface area contributed by atoms with Gasteiger partial charge in [0, 0.05) is 13.5 Å². The van der Waals surface area contributed by atoms with Gasteiger partial charge < -0.3 is 5.32 Å². The Kier molecular flexibility index (Phi) is 3.11. The molecule has 1 N–H and O–H groups in total. The summed E-state index contributed by atoms with van der Waals surface area (Å²) in [7, 11) is 1.75. The molecule has 5 heteroatoms. The summed E-state index contributed by atoms with van der Waals surface area (Å²) in [5.41, 5.74) is 0.612. The highest BCUT2D eigenvalue weighted by Crippen LogP contribution is 2.16. The number of nitrogens with zero attached hydrogens (tertiary/aromatic N) is 3. The SMILES string of the molecule is Cn1nncc1C(=O)CC1CCCNC1. The van der Waals surface area contributed by atoms with Crippen molar-refractivity contribution >= 4 is 5.78 Å². The van der Waals surface area contributed by atoms with Gasteiger partial charge in [0.1, 0.15) is 5.69 Å². The van der Waals surface area contributed by atoms with E-state index in [0.29, 0.717) is 18.0 Å². The number of hydrogen-bond acceptors (Lipinski definition) is 4. The van der Waals surface area contributed by atoms with Crippen LogP contribution in [-0.2, 0) is 7.05 Å². The van der Waals surface area contributed by atoms with E-state index in [0.717, 1.165) is 19.5 Å². The Balaban J connectivity index is 1.94. The molecule has 5 nitrogen and oxygen atoms in total. The van der Waals surface area contributed by atoms with Crippen molar-refractivity contribution in [2.24, 2.45) is 13.0 Å². The van der Waals surface area contributed by atoms with Crippen molar-refractivity contribution in [2.75, 3.05) is 13.1 Å². The van der Waals surface area contributed by atoms with Crippen LogP contribution in [0.3, 0.4) is 0 Å². The van der Waals surface area contributed by atoms with Crippen molar-refractivity contribution in [1.82, 2.24) is 20.3 Å². The van der Waals surface area contributed by atoms with Gasteiger partial charge in [-0.05, 0) is 31.8 Å². The fraction of sp³-hybridized carbons (Fsp3) is 0.700. The van der Waals surface area contributed by atoms with E-state index in [-0.39, 0.29) is 5.78 Å². The molecule has 0 amide bonds. The van der Waals surface area contributed by atoms with Crippen molar-refractivity contribution in [1.29, 1.82) is 0 Å². The molecule has 82 valence electrons. The van der Waals surface area contributed by atoms with Crippen molar-refractivity contribution in [3.05, 3.63) is 11.9 Å². The van der Waals surface area contributed by atoms with E-state index in [2.05, 4.69) is 15.6 Å². The number of aryl methyl sites for hydroxylation is 1. The van der Waals surface area contributed by atoms with Gasteiger partial charge in [-0.2, -0.15) is 0 Å². The Morgan fingerprint density at radius 2 is 2.60 bits per heavy atom. The molecule has 0 spiro atoms. The van der Waals surface area contributed by atoms with Crippen LogP contribution in [0, 0.1) is 5.92 Å². The minimum absolute atomic E-state index is 0.149. The van der Waals surface area contributed by atoms with E-state index in [1.807, 2.05) is 0 Å². The normalized spacial score (nSPS) is 21.5. The standard InChI is InChI=1S/C10H16N4O/c1-14-9(7-12-13-14)10(15)5-8-3-2-4-11-6-8/h7-8,11H,2-6H2,1H3. The van der Waals surface area contributed by atoms with Crippen LogP contribution in [0.25, 0.3) is 0 Å². The van der Waals surface area contributed by atoms with E-state index in [1.165, 1.54) is 6.42 Å². The summed E-state index contributed by atoms with van der Waals surface area (Å²) in [5.74, 6) is 0.623. The van der Waals surface area contributed by atoms with Gasteiger partial charge in [0.25, 0.3) is 0 Å². The second kappa shape index (κ2) is 4.53. The molecule has 1 saturated heterocycles. The number of carbonyl (C=O) groups is 1. The third-order valence-corrected chi connectivity index (χ3v) is 2.87. The highest BCUT2D eigenvalue weighted by atomic mass is 16.1. The maximum Gasteiger partial charge on any atom is 0.182 e. The van der Waals surface area contributed by atoms with Gasteiger partial charge in [0.2, 0.25) is 0 Å². The second-order valence-electron chi connectivity index (χ2n) is 4.08. The maximum atomic E-state index is 11.9. The summed E-state index contributed by atoms with van der Waals surface area (Å²) in [5, 5.41) is 10.8. The molecule has 1 atom stereocenters. The average molecular weight is 208 g/mol. The quantitative estimate of drug-likeness (QED) is 0.730. The number of rotatable bonds is 3. The lowest BCUT2D eigenvalue weighted by Crippen LogP contribution is -2.31. The molecule has 15 heavy (non-hydrogen) atoms. The zero-order chi connectivity index (χ0) is 10.7. The fourth-order valence-electron chi connectivity index (χ4n) is 2.01. The molecule has 0 aliphatic carbocycles. The summed E-state index contributed by atoms with van der Waals surface area (Å²) in [4.78, 5) is 11.9. The highest BCUT2D eigenvalue weighted by molar-refractivity contribution is 5.94. The minimum Gasteiger partial charge on any atom is -0.316 e. The van der Waals surface area contributed by atoms with Gasteiger partial charge in [-0.3, -0.25) is 4.79 Å². The molecule has 2 heterocycles. The molecule has 1 aliphatic heterocycles. The Bertz CT molecular complexity index is 341. The summed E-state index contributed by atoms with van der Waals surface area (Å²) in [6.07, 6.45) is 4.46. The number of carbonyl (C=O) groups excluding carboxylic acids is 1. The Morgan fingerprint density at radius 1 is 1.73 bits per heavy atom. The summed E-state index contributed by atoms with van der Waals surface area (Å²) in [6.45, 7) is 2.04. The number of piperidine rings is 1. The van der Waals surface area contributed by atoms with E-state index in [4.69, 9.17) is 0 Å². The van der Waals surface area contributed by atoms with E-state index in [1.54, 1.807) is 17.9 Å². The third-order valence-electron chi connectivity index (χ3n) is 2.87. The lowest BCUT2D eigenvalue weighted by atomic mass is 9.93. The zero-order valence-corrected chi connectivity index (χ0v) is 8.94. The largest absolute Gasteiger partial charge is 0.316 e. The van der Waals surface area contributed by atoms with Gasteiger partial charge in [0.05, 0.1) is 6.20 Å². The van der Waals surface area contributed by atoms with Crippen molar-refractivity contribution < 1.29 is 4.79 Å². The van der Waals surface area contributed by atoms with Crippen LogP contribution in [0.1, 0.15) is 29.8 Å². The third kappa shape index (κ3) is 2.41. The van der Waals surface area contributed by atoms with Crippen LogP contribution in [0.2, 0.25) is 0 Å². The van der Waals surface area contributed by atoms with Crippen LogP contribution in [0.5, 0.6) is 0 Å². The molecule has 0 aromatic carbocycles. The summed E-state index contributed by atoms with van der Waals surface area (Å²) in [6, 6.07) is 0. The van der Waals surface area contributed by atoms with Crippen molar-refractivity contribution in [3.63, 3.8) is 0 Å². The molecule has 0 bridgehead atoms. The number of Topliss-reactive ketones (excluding diaryl/α,β-unsaturated/α-hetero) is 1. The van der Waals surface area contributed by atoms with E-state index < -0.39 is 0 Å². The molecule has 1 aromatic heterocycles. The predicted octanol–water partition coefficient (Wildman–Crippen LogP) is 0.388. The zero-order valence-electron chi connectivity index (χ0n) is 8.94. The number of nitrogens with one attached hydrogen (secondary N) is 1. The molecule has 0 saturated carbocycles. The molecule has 2 rings (SSSR count). The van der Waals surface area contributed by atoms with Gasteiger partial charge in [-0.15, -0.1) is 5.10 Å². The van der Waals surface area contributed by atoms with Gasteiger partial charge >= 0.3 is 0 Å². The van der Waals surface area contributed by atoms with Gasteiger partial charge in [-0.25, -0.2) is 4.68 Å². The number of aromatic nitrogens is 3. The first-order chi connectivity index (χ1) is 7.27. The predicted molar refractivity (Wildman–Crippen MR) is 55.5 cm³/mol. The summed E-state index contributed by atoms with van der Waals surface area (Å²) >= 11 is 0. The highest BCUT2D eigenvalue weighted by Gasteiger charge is 2.19. The first-order valence-corrected chi connectivity index (χ1v) is 5.36. The van der Waals surface area contributed by atoms with Crippen LogP contribution >= 0.6 is 0 Å². The van der Waals surface area contributed by atoms with E-state index >= 15 is 0 Å². The number of hydrogen-bond donors (Lipinski definition) is 1. The molecule has 1 aliphatic rings. The lowest BCUT2D eigenvalue weighted by molar-refractivity contribution is 0.0944. The van der Waals surface area contributed by atoms with E-state index in [9.17, 15) is 4.79 Å². The average Bonchev–Trinajstić information content (AvgIpc) is 2.66. The topological polar surface area (TPSA) is 59.8 Å². The van der Waals surface area contributed by atoms with Crippen molar-refractivity contribution in [3.8, 4) is 0 Å². The molecule has 1 fully saturated rings. The molecule has 1 aromatic rings. The smallest absolute Gasteiger partial charge is 0.182 e. The van der Waals surface area contributed by atoms with Crippen LogP contribution in [0.4, 0.5) is 0 Å². The van der Waals surface area contributed by atoms with Crippen LogP contribution in [-0.4, -0.2) is 33.9 Å². The Morgan fingerprint density at radius 3 is 3.20 bits per heavy atom. The first kappa shape index (κ1) is 10.3. The van der Waals surface area contributed by atoms with Gasteiger partial charge in [-0.1, -0.05) is 5.21 Å². The lowest BCUT2D eigenvalue weighted by Gasteiger charge is -2.21. The maximum absolute atomic E-state index is 11.9. The molecule has 1 unspecified atom stereocenters. The monoisotopic (exact) mass is 208 g/mol.